The van der Waals surface area contributed by atoms with Gasteiger partial charge >= 0.3 is 0 Å². The minimum atomic E-state index is -1.16. The maximum absolute atomic E-state index is 14.0. The largest absolute Gasteiger partial charge is 0.343 e. The second-order valence-electron chi connectivity index (χ2n) is 3.68. The topological polar surface area (TPSA) is 112 Å². The van der Waals surface area contributed by atoms with Gasteiger partial charge in [0.2, 0.25) is 5.91 Å². The summed E-state index contributed by atoms with van der Waals surface area (Å²) in [5.41, 5.74) is -2.10. The number of hydrogen-bond acceptors (Lipinski definition) is 5. The molecule has 8 heteroatoms. The van der Waals surface area contributed by atoms with Crippen LogP contribution in [-0.2, 0) is 4.79 Å². The number of carbonyl (C=O) groups excluding carboxylic acids is 1. The molecule has 0 aliphatic rings. The Bertz CT molecular complexity index is 734. The van der Waals surface area contributed by atoms with Gasteiger partial charge in [0.1, 0.15) is 35.4 Å². The molecule has 1 aromatic rings. The molecule has 1 rings (SSSR count). The first-order chi connectivity index (χ1) is 9.94. The Balaban J connectivity index is 3.32. The molecule has 104 valence electrons. The predicted octanol–water partition coefficient (Wildman–Crippen LogP) is 2.16. The number of allylic oxidation sites excluding steroid dienone is 2. The summed E-state index contributed by atoms with van der Waals surface area (Å²) in [5.74, 6) is -2.85. The lowest BCUT2D eigenvalue weighted by Crippen LogP contribution is -2.11. The number of hydrogen-bond donors (Lipinski definition) is 2. The van der Waals surface area contributed by atoms with Crippen molar-refractivity contribution in [1.29, 1.82) is 15.8 Å². The van der Waals surface area contributed by atoms with E-state index in [9.17, 15) is 13.6 Å². The molecule has 0 radical (unpaired) electrons. The van der Waals surface area contributed by atoms with Crippen LogP contribution in [0, 0.1) is 45.6 Å². The minimum absolute atomic E-state index is 0.361. The van der Waals surface area contributed by atoms with E-state index in [-0.39, 0.29) is 5.69 Å². The van der Waals surface area contributed by atoms with E-state index in [4.69, 9.17) is 15.8 Å². The summed E-state index contributed by atoms with van der Waals surface area (Å²) in [6, 6.07) is 6.30. The number of nitrogens with one attached hydrogen (secondary N) is 2. The van der Waals surface area contributed by atoms with E-state index in [1.807, 2.05) is 5.32 Å². The van der Waals surface area contributed by atoms with Gasteiger partial charge in [-0.1, -0.05) is 0 Å². The first kappa shape index (κ1) is 15.6. The Hall–Kier alpha value is -3.44. The van der Waals surface area contributed by atoms with Gasteiger partial charge in [-0.2, -0.15) is 15.8 Å². The Morgan fingerprint density at radius 1 is 1.10 bits per heavy atom. The minimum Gasteiger partial charge on any atom is -0.343 e. The molecule has 0 aromatic heterocycles. The number of anilines is 2. The molecule has 1 aromatic carbocycles. The number of carbonyl (C=O) groups is 1. The van der Waals surface area contributed by atoms with Gasteiger partial charge in [0.15, 0.2) is 11.4 Å². The van der Waals surface area contributed by atoms with Crippen LogP contribution in [0.15, 0.2) is 23.4 Å². The lowest BCUT2D eigenvalue weighted by Gasteiger charge is -2.11. The maximum atomic E-state index is 14.0. The Kier molecular flexibility index (Phi) is 4.94. The maximum Gasteiger partial charge on any atom is 0.221 e. The zero-order chi connectivity index (χ0) is 16.0. The highest BCUT2D eigenvalue weighted by atomic mass is 19.1. The molecule has 6 nitrogen and oxygen atoms in total. The summed E-state index contributed by atoms with van der Waals surface area (Å²) in [6.07, 6.45) is 0. The third kappa shape index (κ3) is 3.52. The van der Waals surface area contributed by atoms with Crippen molar-refractivity contribution in [2.45, 2.75) is 6.92 Å². The molecule has 0 atom stereocenters. The first-order valence-corrected chi connectivity index (χ1v) is 5.41. The number of benzene rings is 1. The zero-order valence-electron chi connectivity index (χ0n) is 10.7. The standard InChI is InChI=1S/C13H7F2N5O/c1-7(21)19-13-9(14)2-3-10(12(13)15)20-11(6-18)8(4-16)5-17/h2-3,20H,1H3,(H,19,21). The Morgan fingerprint density at radius 2 is 1.71 bits per heavy atom. The highest BCUT2D eigenvalue weighted by Gasteiger charge is 2.16. The molecular weight excluding hydrogens is 280 g/mol. The number of amides is 1. The van der Waals surface area contributed by atoms with Crippen LogP contribution in [0.2, 0.25) is 0 Å². The Labute approximate surface area is 118 Å². The number of nitriles is 3. The van der Waals surface area contributed by atoms with Crippen LogP contribution in [0.1, 0.15) is 6.92 Å². The lowest BCUT2D eigenvalue weighted by molar-refractivity contribution is -0.114. The van der Waals surface area contributed by atoms with E-state index < -0.39 is 34.5 Å². The summed E-state index contributed by atoms with van der Waals surface area (Å²) < 4.78 is 27.5. The van der Waals surface area contributed by atoms with E-state index in [2.05, 4.69) is 5.32 Å². The van der Waals surface area contributed by atoms with Gasteiger partial charge in [0, 0.05) is 6.92 Å². The van der Waals surface area contributed by atoms with E-state index in [1.54, 1.807) is 0 Å². The molecule has 2 N–H and O–H groups in total. The molecule has 0 aliphatic carbocycles. The summed E-state index contributed by atoms with van der Waals surface area (Å²) in [5, 5.41) is 30.4. The summed E-state index contributed by atoms with van der Waals surface area (Å²) in [6.45, 7) is 1.07. The van der Waals surface area contributed by atoms with Crippen molar-refractivity contribution in [2.75, 3.05) is 10.6 Å². The fourth-order valence-electron chi connectivity index (χ4n) is 1.36. The normalized spacial score (nSPS) is 8.76. The van der Waals surface area contributed by atoms with Crippen molar-refractivity contribution < 1.29 is 13.6 Å². The van der Waals surface area contributed by atoms with Crippen molar-refractivity contribution in [3.8, 4) is 18.2 Å². The van der Waals surface area contributed by atoms with Crippen LogP contribution < -0.4 is 10.6 Å². The molecule has 0 unspecified atom stereocenters. The molecule has 0 bridgehead atoms. The molecule has 21 heavy (non-hydrogen) atoms. The number of halogens is 2. The van der Waals surface area contributed by atoms with Crippen molar-refractivity contribution in [3.63, 3.8) is 0 Å². The van der Waals surface area contributed by atoms with Gasteiger partial charge in [-0.05, 0) is 12.1 Å². The highest BCUT2D eigenvalue weighted by Crippen LogP contribution is 2.27. The van der Waals surface area contributed by atoms with Crippen molar-refractivity contribution in [2.24, 2.45) is 0 Å². The van der Waals surface area contributed by atoms with Crippen LogP contribution in [0.25, 0.3) is 0 Å². The molecule has 0 spiro atoms. The summed E-state index contributed by atoms with van der Waals surface area (Å²) in [7, 11) is 0. The predicted molar refractivity (Wildman–Crippen MR) is 68.1 cm³/mol. The SMILES string of the molecule is CC(=O)Nc1c(F)ccc(NC(C#N)=C(C#N)C#N)c1F. The average molecular weight is 287 g/mol. The molecule has 0 heterocycles. The average Bonchev–Trinajstić information content (AvgIpc) is 2.45. The van der Waals surface area contributed by atoms with E-state index >= 15 is 0 Å². The van der Waals surface area contributed by atoms with Crippen molar-refractivity contribution in [3.05, 3.63) is 35.0 Å². The molecule has 0 saturated heterocycles. The molecule has 0 fully saturated rings. The third-order valence-electron chi connectivity index (χ3n) is 2.24. The number of rotatable bonds is 3. The lowest BCUT2D eigenvalue weighted by atomic mass is 10.2. The molecule has 0 aliphatic heterocycles. The summed E-state index contributed by atoms with van der Waals surface area (Å²) >= 11 is 0. The molecule has 0 saturated carbocycles. The summed E-state index contributed by atoms with van der Waals surface area (Å²) in [4.78, 5) is 10.9. The smallest absolute Gasteiger partial charge is 0.221 e. The second kappa shape index (κ2) is 6.65. The van der Waals surface area contributed by atoms with Gasteiger partial charge in [-0.3, -0.25) is 4.79 Å². The van der Waals surface area contributed by atoms with Crippen LogP contribution >= 0.6 is 0 Å². The van der Waals surface area contributed by atoms with Gasteiger partial charge in [0.05, 0.1) is 5.69 Å². The van der Waals surface area contributed by atoms with Crippen LogP contribution in [-0.4, -0.2) is 5.91 Å². The highest BCUT2D eigenvalue weighted by molar-refractivity contribution is 5.89. The van der Waals surface area contributed by atoms with Crippen LogP contribution in [0.4, 0.5) is 20.2 Å². The van der Waals surface area contributed by atoms with E-state index in [0.717, 1.165) is 19.1 Å². The third-order valence-corrected chi connectivity index (χ3v) is 2.24. The zero-order valence-corrected chi connectivity index (χ0v) is 10.7. The Morgan fingerprint density at radius 3 is 2.19 bits per heavy atom. The first-order valence-electron chi connectivity index (χ1n) is 5.41. The van der Waals surface area contributed by atoms with E-state index in [1.165, 1.54) is 18.2 Å². The van der Waals surface area contributed by atoms with Crippen LogP contribution in [0.5, 0.6) is 0 Å². The fourth-order valence-corrected chi connectivity index (χ4v) is 1.36. The van der Waals surface area contributed by atoms with Gasteiger partial charge in [0.25, 0.3) is 0 Å². The quantitative estimate of drug-likeness (QED) is 0.827. The van der Waals surface area contributed by atoms with Crippen molar-refractivity contribution in [1.82, 2.24) is 0 Å². The van der Waals surface area contributed by atoms with Crippen LogP contribution in [0.3, 0.4) is 0 Å². The molecular formula is C13H7F2N5O. The van der Waals surface area contributed by atoms with Crippen molar-refractivity contribution >= 4 is 17.3 Å². The monoisotopic (exact) mass is 287 g/mol. The van der Waals surface area contributed by atoms with Gasteiger partial charge < -0.3 is 10.6 Å². The molecule has 1 amide bonds. The van der Waals surface area contributed by atoms with Gasteiger partial charge in [-0.15, -0.1) is 0 Å². The fraction of sp³-hybridized carbons (Fsp3) is 0.0769. The van der Waals surface area contributed by atoms with Gasteiger partial charge in [-0.25, -0.2) is 8.78 Å². The number of nitrogens with zero attached hydrogens (tertiary/aromatic N) is 3. The second-order valence-corrected chi connectivity index (χ2v) is 3.68. The van der Waals surface area contributed by atoms with E-state index in [0.29, 0.717) is 0 Å².